The molecule has 0 saturated heterocycles. The molecule has 1 heterocycles. The summed E-state index contributed by atoms with van der Waals surface area (Å²) in [6.07, 6.45) is 4.95. The van der Waals surface area contributed by atoms with E-state index in [0.29, 0.717) is 10.7 Å². The summed E-state index contributed by atoms with van der Waals surface area (Å²) in [7, 11) is 0. The van der Waals surface area contributed by atoms with Crippen LogP contribution in [0.5, 0.6) is 0 Å². The predicted octanol–water partition coefficient (Wildman–Crippen LogP) is 1.78. The summed E-state index contributed by atoms with van der Waals surface area (Å²) >= 11 is 1.34. The van der Waals surface area contributed by atoms with Gasteiger partial charge < -0.3 is 10.1 Å². The molecule has 0 aliphatic rings. The minimum Gasteiger partial charge on any atom is -0.455 e. The summed E-state index contributed by atoms with van der Waals surface area (Å²) < 4.78 is 17.7. The molecule has 2 aromatic rings. The number of carbonyl (C=O) groups excluding carboxylic acids is 2. The summed E-state index contributed by atoms with van der Waals surface area (Å²) in [5.41, 5.74) is 1.30. The number of terminal acetylenes is 1. The van der Waals surface area contributed by atoms with E-state index in [-0.39, 0.29) is 25.4 Å². The molecule has 0 saturated carbocycles. The fourth-order valence-electron chi connectivity index (χ4n) is 1.66. The third-order valence-corrected chi connectivity index (χ3v) is 3.66. The summed E-state index contributed by atoms with van der Waals surface area (Å²) in [5, 5.41) is 4.79. The van der Waals surface area contributed by atoms with Crippen molar-refractivity contribution in [1.82, 2.24) is 10.3 Å². The Kier molecular flexibility index (Phi) is 5.83. The van der Waals surface area contributed by atoms with E-state index in [1.54, 1.807) is 17.5 Å². The number of nitrogens with zero attached hydrogens (tertiary/aromatic N) is 1. The first kappa shape index (κ1) is 16.6. The van der Waals surface area contributed by atoms with Gasteiger partial charge in [0.2, 0.25) is 0 Å². The highest BCUT2D eigenvalue weighted by molar-refractivity contribution is 7.13. The minimum atomic E-state index is -0.559. The molecule has 0 aliphatic carbocycles. The quantitative estimate of drug-likeness (QED) is 0.647. The molecule has 0 spiro atoms. The number of halogens is 1. The molecular weight excluding hydrogens is 319 g/mol. The van der Waals surface area contributed by atoms with Gasteiger partial charge in [-0.1, -0.05) is 5.92 Å². The van der Waals surface area contributed by atoms with Crippen LogP contribution in [0, 0.1) is 18.2 Å². The third-order valence-electron chi connectivity index (χ3n) is 2.72. The number of nitrogens with one attached hydrogen (secondary N) is 1. The SMILES string of the molecule is C#CCNC(=O)COC(=O)Cc1csc(-c2ccc(F)cc2)n1. The number of aromatic nitrogens is 1. The fourth-order valence-corrected chi connectivity index (χ4v) is 2.48. The van der Waals surface area contributed by atoms with E-state index in [4.69, 9.17) is 11.2 Å². The molecule has 23 heavy (non-hydrogen) atoms. The Morgan fingerprint density at radius 1 is 1.35 bits per heavy atom. The maximum Gasteiger partial charge on any atom is 0.312 e. The number of hydrogen-bond acceptors (Lipinski definition) is 5. The van der Waals surface area contributed by atoms with Gasteiger partial charge in [0, 0.05) is 10.9 Å². The van der Waals surface area contributed by atoms with Crippen LogP contribution in [0.3, 0.4) is 0 Å². The van der Waals surface area contributed by atoms with Crippen LogP contribution >= 0.6 is 11.3 Å². The fraction of sp³-hybridized carbons (Fsp3) is 0.188. The molecular formula is C16H13FN2O3S. The Balaban J connectivity index is 1.86. The van der Waals surface area contributed by atoms with Crippen LogP contribution in [-0.4, -0.2) is 30.0 Å². The first-order chi connectivity index (χ1) is 11.1. The van der Waals surface area contributed by atoms with Crippen molar-refractivity contribution in [2.75, 3.05) is 13.2 Å². The Hall–Kier alpha value is -2.72. The van der Waals surface area contributed by atoms with Gasteiger partial charge in [0.05, 0.1) is 18.7 Å². The van der Waals surface area contributed by atoms with Crippen LogP contribution in [0.4, 0.5) is 4.39 Å². The average molecular weight is 332 g/mol. The Morgan fingerprint density at radius 3 is 2.78 bits per heavy atom. The van der Waals surface area contributed by atoms with Gasteiger partial charge in [-0.2, -0.15) is 0 Å². The van der Waals surface area contributed by atoms with Gasteiger partial charge in [0.1, 0.15) is 10.8 Å². The maximum absolute atomic E-state index is 12.9. The summed E-state index contributed by atoms with van der Waals surface area (Å²) in [5.74, 6) is 0.906. The third kappa shape index (κ3) is 5.20. The lowest BCUT2D eigenvalue weighted by atomic mass is 10.2. The van der Waals surface area contributed by atoms with Crippen molar-refractivity contribution >= 4 is 23.2 Å². The second-order valence-corrected chi connectivity index (χ2v) is 5.33. The van der Waals surface area contributed by atoms with Crippen molar-refractivity contribution < 1.29 is 18.7 Å². The van der Waals surface area contributed by atoms with Gasteiger partial charge in [0.25, 0.3) is 5.91 Å². The lowest BCUT2D eigenvalue weighted by Gasteiger charge is -2.03. The zero-order chi connectivity index (χ0) is 16.7. The monoisotopic (exact) mass is 332 g/mol. The van der Waals surface area contributed by atoms with Crippen LogP contribution < -0.4 is 5.32 Å². The van der Waals surface area contributed by atoms with Crippen LogP contribution in [-0.2, 0) is 20.7 Å². The molecule has 118 valence electrons. The zero-order valence-electron chi connectivity index (χ0n) is 12.0. The molecule has 7 heteroatoms. The van der Waals surface area contributed by atoms with E-state index in [1.807, 2.05) is 0 Å². The molecule has 1 aromatic carbocycles. The lowest BCUT2D eigenvalue weighted by Crippen LogP contribution is -2.29. The molecule has 0 bridgehead atoms. The van der Waals surface area contributed by atoms with Crippen molar-refractivity contribution in [1.29, 1.82) is 0 Å². The molecule has 0 radical (unpaired) electrons. The first-order valence-corrected chi connectivity index (χ1v) is 7.52. The van der Waals surface area contributed by atoms with Crippen LogP contribution in [0.15, 0.2) is 29.6 Å². The molecule has 1 N–H and O–H groups in total. The number of esters is 1. The number of carbonyl (C=O) groups is 2. The summed E-state index contributed by atoms with van der Waals surface area (Å²) in [4.78, 5) is 27.2. The Bertz CT molecular complexity index is 735. The molecule has 0 aliphatic heterocycles. The van der Waals surface area contributed by atoms with Crippen molar-refractivity contribution in [2.45, 2.75) is 6.42 Å². The van der Waals surface area contributed by atoms with E-state index in [9.17, 15) is 14.0 Å². The van der Waals surface area contributed by atoms with Crippen LogP contribution in [0.1, 0.15) is 5.69 Å². The van der Waals surface area contributed by atoms with Crippen molar-refractivity contribution in [3.05, 3.63) is 41.2 Å². The number of thiazole rings is 1. The van der Waals surface area contributed by atoms with Gasteiger partial charge in [-0.15, -0.1) is 17.8 Å². The largest absolute Gasteiger partial charge is 0.455 e. The number of hydrogen-bond donors (Lipinski definition) is 1. The van der Waals surface area contributed by atoms with Gasteiger partial charge in [0.15, 0.2) is 6.61 Å². The lowest BCUT2D eigenvalue weighted by molar-refractivity contribution is -0.147. The second-order valence-electron chi connectivity index (χ2n) is 4.47. The standard InChI is InChI=1S/C16H13FN2O3S/c1-2-7-18-14(20)9-22-15(21)8-13-10-23-16(19-13)11-3-5-12(17)6-4-11/h1,3-6,10H,7-9H2,(H,18,20). The molecule has 0 unspecified atom stereocenters. The van der Waals surface area contributed by atoms with Crippen molar-refractivity contribution in [2.24, 2.45) is 0 Å². The average Bonchev–Trinajstić information content (AvgIpc) is 3.00. The predicted molar refractivity (Wildman–Crippen MR) is 84.0 cm³/mol. The van der Waals surface area contributed by atoms with Crippen molar-refractivity contribution in [3.63, 3.8) is 0 Å². The molecule has 1 aromatic heterocycles. The van der Waals surface area contributed by atoms with Gasteiger partial charge in [-0.3, -0.25) is 9.59 Å². The highest BCUT2D eigenvalue weighted by atomic mass is 32.1. The molecule has 0 atom stereocenters. The smallest absolute Gasteiger partial charge is 0.312 e. The maximum atomic E-state index is 12.9. The topological polar surface area (TPSA) is 68.3 Å². The van der Waals surface area contributed by atoms with E-state index >= 15 is 0 Å². The Labute approximate surface area is 136 Å². The van der Waals surface area contributed by atoms with Gasteiger partial charge >= 0.3 is 5.97 Å². The first-order valence-electron chi connectivity index (χ1n) is 6.64. The van der Waals surface area contributed by atoms with Gasteiger partial charge in [-0.25, -0.2) is 9.37 Å². The molecule has 1 amide bonds. The molecule has 5 nitrogen and oxygen atoms in total. The molecule has 0 fully saturated rings. The molecule has 2 rings (SSSR count). The van der Waals surface area contributed by atoms with E-state index < -0.39 is 11.9 Å². The normalized spacial score (nSPS) is 9.91. The number of benzene rings is 1. The van der Waals surface area contributed by atoms with E-state index in [2.05, 4.69) is 16.2 Å². The van der Waals surface area contributed by atoms with Crippen molar-refractivity contribution in [3.8, 4) is 22.9 Å². The Morgan fingerprint density at radius 2 is 2.09 bits per heavy atom. The number of amides is 1. The second kappa shape index (κ2) is 8.06. The van der Waals surface area contributed by atoms with Crippen LogP contribution in [0.2, 0.25) is 0 Å². The highest BCUT2D eigenvalue weighted by Gasteiger charge is 2.11. The highest BCUT2D eigenvalue weighted by Crippen LogP contribution is 2.24. The number of ether oxygens (including phenoxy) is 1. The van der Waals surface area contributed by atoms with Crippen LogP contribution in [0.25, 0.3) is 10.6 Å². The minimum absolute atomic E-state index is 0.0416. The van der Waals surface area contributed by atoms with E-state index in [0.717, 1.165) is 5.56 Å². The van der Waals surface area contributed by atoms with Gasteiger partial charge in [-0.05, 0) is 24.3 Å². The summed E-state index contributed by atoms with van der Waals surface area (Å²) in [6.45, 7) is -0.293. The zero-order valence-corrected chi connectivity index (χ0v) is 12.9. The van der Waals surface area contributed by atoms with E-state index in [1.165, 1.54) is 23.5 Å². The number of rotatable bonds is 6. The summed E-state index contributed by atoms with van der Waals surface area (Å²) in [6, 6.07) is 5.93.